The van der Waals surface area contributed by atoms with Gasteiger partial charge in [-0.3, -0.25) is 9.59 Å². The fourth-order valence-electron chi connectivity index (χ4n) is 7.26. The molecular formula is C22H34FNa2O9P. The van der Waals surface area contributed by atoms with E-state index in [2.05, 4.69) is 0 Å². The minimum Gasteiger partial charge on any atom is -1.00 e. The number of aliphatic hydroxyl groups excluding tert-OH is 2. The smallest absolute Gasteiger partial charge is 1.00 e. The van der Waals surface area contributed by atoms with Crippen LogP contribution in [0, 0.1) is 28.6 Å². The first-order valence-electron chi connectivity index (χ1n) is 10.9. The molecule has 0 aromatic heterocycles. The molecule has 35 heavy (non-hydrogen) atoms. The molecule has 0 bridgehead atoms. The van der Waals surface area contributed by atoms with Crippen molar-refractivity contribution in [3.63, 3.8) is 0 Å². The van der Waals surface area contributed by atoms with Gasteiger partial charge < -0.3 is 32.9 Å². The predicted octanol–water partition coefficient (Wildman–Crippen LogP) is -4.80. The number of alkyl halides is 1. The minimum atomic E-state index is -4.64. The molecule has 0 aromatic carbocycles. The molecule has 0 spiro atoms. The number of rotatable bonds is 2. The van der Waals surface area contributed by atoms with Crippen LogP contribution in [-0.2, 0) is 14.2 Å². The average Bonchev–Trinajstić information content (AvgIpc) is 2.89. The van der Waals surface area contributed by atoms with Crippen LogP contribution in [0.25, 0.3) is 0 Å². The van der Waals surface area contributed by atoms with Crippen LogP contribution < -0.4 is 59.1 Å². The summed E-state index contributed by atoms with van der Waals surface area (Å²) < 4.78 is 25.7. The van der Waals surface area contributed by atoms with E-state index in [0.29, 0.717) is 24.8 Å². The summed E-state index contributed by atoms with van der Waals surface area (Å²) in [5.41, 5.74) is -5.17. The first-order chi connectivity index (χ1) is 15.0. The van der Waals surface area contributed by atoms with E-state index < -0.39 is 60.3 Å². The van der Waals surface area contributed by atoms with Gasteiger partial charge in [0.2, 0.25) is 0 Å². The zero-order valence-electron chi connectivity index (χ0n) is 22.8. The summed E-state index contributed by atoms with van der Waals surface area (Å²) in [6.45, 7) is 4.48. The Balaban J connectivity index is 0. The molecule has 0 saturated heterocycles. The number of phosphoric acid groups is 1. The van der Waals surface area contributed by atoms with Crippen molar-refractivity contribution in [2.24, 2.45) is 28.6 Å². The van der Waals surface area contributed by atoms with Gasteiger partial charge in [0.1, 0.15) is 12.2 Å². The summed E-state index contributed by atoms with van der Waals surface area (Å²) in [6.07, 6.45) is 4.44. The van der Waals surface area contributed by atoms with Crippen LogP contribution in [0.2, 0.25) is 0 Å². The molecule has 13 heteroatoms. The van der Waals surface area contributed by atoms with E-state index in [-0.39, 0.29) is 80.1 Å². The summed E-state index contributed by atoms with van der Waals surface area (Å²) in [4.78, 5) is 45.9. The van der Waals surface area contributed by atoms with Gasteiger partial charge in [-0.25, -0.2) is 8.96 Å². The SMILES string of the molecule is C[C@H]1C[C@H]2[C@@H]3CCC4=CC(=O)C=C[C@]4(C)[C@@]3(F)[C@@H](O)C[C@]2(C)[C@@]1(O)C(=O)CO.O=P(O)(O)O.[H-].[H-].[Na+].[Na+]. The van der Waals surface area contributed by atoms with Gasteiger partial charge in [0, 0.05) is 16.7 Å². The Morgan fingerprint density at radius 2 is 1.77 bits per heavy atom. The van der Waals surface area contributed by atoms with E-state index >= 15 is 4.39 Å². The van der Waals surface area contributed by atoms with Crippen LogP contribution in [-0.4, -0.2) is 65.5 Å². The fourth-order valence-corrected chi connectivity index (χ4v) is 7.26. The number of ketones is 2. The van der Waals surface area contributed by atoms with Crippen LogP contribution >= 0.6 is 7.82 Å². The number of hydrogen-bond acceptors (Lipinski definition) is 6. The second kappa shape index (κ2) is 11.1. The molecule has 4 aliphatic rings. The number of hydrogen-bond donors (Lipinski definition) is 6. The Labute approximate surface area is 251 Å². The molecule has 0 radical (unpaired) electrons. The average molecular weight is 538 g/mol. The van der Waals surface area contributed by atoms with E-state index in [4.69, 9.17) is 19.2 Å². The predicted molar refractivity (Wildman–Crippen MR) is 116 cm³/mol. The number of carbonyl (C=O) groups is 2. The normalized spacial score (nSPS) is 43.7. The maximum atomic E-state index is 16.9. The number of halogens is 1. The Morgan fingerprint density at radius 3 is 2.29 bits per heavy atom. The van der Waals surface area contributed by atoms with E-state index in [9.17, 15) is 24.9 Å². The Bertz CT molecular complexity index is 974. The van der Waals surface area contributed by atoms with Crippen molar-refractivity contribution in [2.45, 2.75) is 63.8 Å². The van der Waals surface area contributed by atoms with E-state index in [1.807, 2.05) is 0 Å². The van der Waals surface area contributed by atoms with Crippen molar-refractivity contribution in [2.75, 3.05) is 6.61 Å². The first-order valence-corrected chi connectivity index (χ1v) is 12.5. The maximum Gasteiger partial charge on any atom is 1.00 e. The molecular weight excluding hydrogens is 504 g/mol. The first kappa shape index (κ1) is 33.8. The third-order valence-electron chi connectivity index (χ3n) is 8.79. The van der Waals surface area contributed by atoms with Gasteiger partial charge >= 0.3 is 66.9 Å². The molecule has 0 aromatic rings. The van der Waals surface area contributed by atoms with E-state index in [1.165, 1.54) is 12.2 Å². The molecule has 3 fully saturated rings. The molecule has 0 heterocycles. The number of Topliss-reactive ketones (excluding diaryl/α,β-unsaturated/α-hetero) is 1. The molecule has 0 aliphatic heterocycles. The third-order valence-corrected chi connectivity index (χ3v) is 8.79. The summed E-state index contributed by atoms with van der Waals surface area (Å²) in [7, 11) is -4.64. The summed E-state index contributed by atoms with van der Waals surface area (Å²) in [5.74, 6) is -2.12. The molecule has 0 unspecified atom stereocenters. The second-order valence-corrected chi connectivity index (χ2v) is 11.3. The minimum absolute atomic E-state index is 0. The van der Waals surface area contributed by atoms with Crippen molar-refractivity contribution < 1.29 is 111 Å². The quantitative estimate of drug-likeness (QED) is 0.149. The van der Waals surface area contributed by atoms with Gasteiger partial charge in [0.05, 0.1) is 6.10 Å². The molecule has 190 valence electrons. The molecule has 0 amide bonds. The van der Waals surface area contributed by atoms with Crippen molar-refractivity contribution >= 4 is 19.4 Å². The van der Waals surface area contributed by atoms with Crippen LogP contribution in [0.15, 0.2) is 23.8 Å². The number of fused-ring (bicyclic) bond motifs is 5. The van der Waals surface area contributed by atoms with Crippen LogP contribution in [0.5, 0.6) is 0 Å². The van der Waals surface area contributed by atoms with Crippen LogP contribution in [0.1, 0.15) is 49.3 Å². The van der Waals surface area contributed by atoms with Gasteiger partial charge in [-0.1, -0.05) is 25.5 Å². The molecule has 9 nitrogen and oxygen atoms in total. The molecule has 8 atom stereocenters. The zero-order chi connectivity index (χ0) is 25.2. The molecule has 6 N–H and O–H groups in total. The van der Waals surface area contributed by atoms with Crippen molar-refractivity contribution in [3.8, 4) is 0 Å². The Kier molecular flexibility index (Phi) is 10.7. The monoisotopic (exact) mass is 538 g/mol. The standard InChI is InChI=1S/C22H29FO5.2Na.H3O4P.2H/c1-12-8-16-15-5-4-13-9-14(25)6-7-19(13,2)21(15,23)17(26)10-20(16,3)22(12,28)18(27)11-24;;;1-5(2,3)4;;/h6-7,9,12,15-17,24,26,28H,4-5,8,10-11H2,1-3H3;;;(H3,1,2,3,4);;/q;2*+1;;2*-1/t12-,15-,16-,17-,19-,20-,21-,22-;;;;;/m0...../s1. The van der Waals surface area contributed by atoms with Crippen LogP contribution in [0.4, 0.5) is 4.39 Å². The van der Waals surface area contributed by atoms with E-state index in [0.717, 1.165) is 0 Å². The Morgan fingerprint density at radius 1 is 1.23 bits per heavy atom. The fraction of sp³-hybridized carbons (Fsp3) is 0.727. The largest absolute Gasteiger partial charge is 1.00 e. The number of carbonyl (C=O) groups excluding carboxylic acids is 2. The topological polar surface area (TPSA) is 173 Å². The van der Waals surface area contributed by atoms with Crippen LogP contribution in [0.3, 0.4) is 0 Å². The summed E-state index contributed by atoms with van der Waals surface area (Å²) in [5, 5.41) is 32.0. The zero-order valence-corrected chi connectivity index (χ0v) is 25.7. The van der Waals surface area contributed by atoms with Gasteiger partial charge in [-0.2, -0.15) is 0 Å². The number of allylic oxidation sites excluding steroid dienone is 4. The van der Waals surface area contributed by atoms with Gasteiger partial charge in [-0.05, 0) is 56.6 Å². The number of aliphatic hydroxyl groups is 3. The van der Waals surface area contributed by atoms with Crippen molar-refractivity contribution in [3.05, 3.63) is 23.8 Å². The van der Waals surface area contributed by atoms with Crippen molar-refractivity contribution in [1.29, 1.82) is 0 Å². The molecule has 4 aliphatic carbocycles. The van der Waals surface area contributed by atoms with E-state index in [1.54, 1.807) is 26.8 Å². The maximum absolute atomic E-state index is 16.9. The Hall–Kier alpha value is 0.740. The second-order valence-electron chi connectivity index (χ2n) is 10.3. The molecule has 4 rings (SSSR count). The molecule has 3 saturated carbocycles. The summed E-state index contributed by atoms with van der Waals surface area (Å²) >= 11 is 0. The van der Waals surface area contributed by atoms with Gasteiger partial charge in [0.25, 0.3) is 0 Å². The summed E-state index contributed by atoms with van der Waals surface area (Å²) in [6, 6.07) is 0. The van der Waals surface area contributed by atoms with Gasteiger partial charge in [0.15, 0.2) is 17.2 Å². The third kappa shape index (κ3) is 5.19. The van der Waals surface area contributed by atoms with Crippen molar-refractivity contribution in [1.82, 2.24) is 0 Å². The van der Waals surface area contributed by atoms with Gasteiger partial charge in [-0.15, -0.1) is 0 Å².